The first-order valence-corrected chi connectivity index (χ1v) is 15.9. The van der Waals surface area contributed by atoms with Crippen LogP contribution in [0, 0.1) is 5.92 Å². The monoisotopic (exact) mass is 620 g/mol. The van der Waals surface area contributed by atoms with Crippen molar-refractivity contribution >= 4 is 23.2 Å². The number of aromatic nitrogens is 3. The second-order valence-corrected chi connectivity index (χ2v) is 12.1. The van der Waals surface area contributed by atoms with Crippen LogP contribution in [0.2, 0.25) is 0 Å². The van der Waals surface area contributed by atoms with E-state index in [4.69, 9.17) is 0 Å². The summed E-state index contributed by atoms with van der Waals surface area (Å²) in [5.41, 5.74) is 2.43. The van der Waals surface area contributed by atoms with Crippen molar-refractivity contribution in [3.8, 4) is 0 Å². The highest BCUT2D eigenvalue weighted by Gasteiger charge is 2.52. The number of nitrogens with zero attached hydrogens (tertiary/aromatic N) is 4. The first kappa shape index (κ1) is 31.3. The summed E-state index contributed by atoms with van der Waals surface area (Å²) in [7, 11) is 0. The van der Waals surface area contributed by atoms with E-state index >= 15 is 0 Å². The number of benzene rings is 3. The lowest BCUT2D eigenvalue weighted by Gasteiger charge is -2.28. The van der Waals surface area contributed by atoms with Gasteiger partial charge >= 0.3 is 0 Å². The molecule has 6 rings (SSSR count). The highest BCUT2D eigenvalue weighted by atomic mass is 16.3. The summed E-state index contributed by atoms with van der Waals surface area (Å²) < 4.78 is 1.73. The molecule has 2 aliphatic rings. The van der Waals surface area contributed by atoms with Gasteiger partial charge in [0.1, 0.15) is 0 Å². The zero-order chi connectivity index (χ0) is 32.1. The van der Waals surface area contributed by atoms with Gasteiger partial charge in [0.25, 0.3) is 5.91 Å². The fourth-order valence-electron chi connectivity index (χ4n) is 6.37. The Hall–Kier alpha value is -4.64. The normalized spacial score (nSPS) is 20.6. The Balaban J connectivity index is 1.19. The van der Waals surface area contributed by atoms with Gasteiger partial charge in [-0.2, -0.15) is 0 Å². The van der Waals surface area contributed by atoms with E-state index in [2.05, 4.69) is 20.9 Å². The van der Waals surface area contributed by atoms with Crippen LogP contribution in [0.1, 0.15) is 54.5 Å². The molecule has 238 valence electrons. The van der Waals surface area contributed by atoms with Crippen molar-refractivity contribution in [1.29, 1.82) is 0 Å². The van der Waals surface area contributed by atoms with Crippen molar-refractivity contribution in [2.45, 2.75) is 56.8 Å². The molecule has 0 radical (unpaired) electrons. The van der Waals surface area contributed by atoms with E-state index in [9.17, 15) is 19.8 Å². The van der Waals surface area contributed by atoms with Crippen LogP contribution in [-0.2, 0) is 28.3 Å². The summed E-state index contributed by atoms with van der Waals surface area (Å²) in [5, 5.41) is 36.9. The fraction of sp³-hybridized carbons (Fsp3) is 0.333. The van der Waals surface area contributed by atoms with Gasteiger partial charge in [0.15, 0.2) is 5.60 Å². The number of aliphatic hydroxyl groups excluding tert-OH is 1. The lowest BCUT2D eigenvalue weighted by Crippen LogP contribution is -2.44. The minimum absolute atomic E-state index is 0.0711. The van der Waals surface area contributed by atoms with Crippen molar-refractivity contribution in [3.05, 3.63) is 120 Å². The minimum atomic E-state index is -1.82. The molecule has 1 unspecified atom stereocenters. The number of hydrogen-bond acceptors (Lipinski definition) is 7. The number of anilines is 2. The lowest BCUT2D eigenvalue weighted by molar-refractivity contribution is -0.139. The topological polar surface area (TPSA) is 133 Å². The van der Waals surface area contributed by atoms with Crippen molar-refractivity contribution in [3.63, 3.8) is 0 Å². The molecule has 1 fully saturated rings. The van der Waals surface area contributed by atoms with Gasteiger partial charge in [-0.25, -0.2) is 0 Å². The lowest BCUT2D eigenvalue weighted by atomic mass is 9.82. The third-order valence-corrected chi connectivity index (χ3v) is 9.00. The number of carbonyl (C=O) groups is 2. The molecular weight excluding hydrogens is 580 g/mol. The van der Waals surface area contributed by atoms with Gasteiger partial charge in [-0.3, -0.25) is 14.3 Å². The number of carbonyl (C=O) groups excluding carboxylic acids is 2. The van der Waals surface area contributed by atoms with Crippen LogP contribution in [0.15, 0.2) is 97.2 Å². The molecule has 10 nitrogen and oxygen atoms in total. The molecular formula is C36H40N6O4. The van der Waals surface area contributed by atoms with Gasteiger partial charge < -0.3 is 25.7 Å². The Kier molecular flexibility index (Phi) is 9.39. The summed E-state index contributed by atoms with van der Waals surface area (Å²) in [5.74, 6) is -1.34. The van der Waals surface area contributed by atoms with Crippen molar-refractivity contribution < 1.29 is 19.8 Å². The fourth-order valence-corrected chi connectivity index (χ4v) is 6.37. The molecule has 4 atom stereocenters. The highest BCUT2D eigenvalue weighted by molar-refractivity contribution is 6.08. The molecule has 4 aromatic rings. The quantitative estimate of drug-likeness (QED) is 0.175. The van der Waals surface area contributed by atoms with Gasteiger partial charge in [0, 0.05) is 29.9 Å². The smallest absolute Gasteiger partial charge is 0.264 e. The number of aryl methyl sites for hydroxylation is 1. The van der Waals surface area contributed by atoms with Crippen LogP contribution in [0.3, 0.4) is 0 Å². The van der Waals surface area contributed by atoms with Crippen LogP contribution in [0.25, 0.3) is 0 Å². The summed E-state index contributed by atoms with van der Waals surface area (Å²) >= 11 is 0. The first-order chi connectivity index (χ1) is 22.4. The maximum Gasteiger partial charge on any atom is 0.264 e. The number of nitrogens with one attached hydrogen (secondary N) is 2. The summed E-state index contributed by atoms with van der Waals surface area (Å²) in [4.78, 5) is 28.5. The molecule has 0 bridgehead atoms. The molecule has 4 N–H and O–H groups in total. The number of amides is 2. The average Bonchev–Trinajstić information content (AvgIpc) is 3.83. The van der Waals surface area contributed by atoms with Crippen molar-refractivity contribution in [1.82, 2.24) is 20.3 Å². The molecule has 0 aliphatic carbocycles. The molecule has 0 spiro atoms. The van der Waals surface area contributed by atoms with Crippen molar-refractivity contribution in [2.75, 3.05) is 23.4 Å². The van der Waals surface area contributed by atoms with E-state index in [1.807, 2.05) is 85.9 Å². The van der Waals surface area contributed by atoms with Gasteiger partial charge in [-0.1, -0.05) is 85.0 Å². The van der Waals surface area contributed by atoms with Gasteiger partial charge in [-0.15, -0.1) is 5.10 Å². The summed E-state index contributed by atoms with van der Waals surface area (Å²) in [6.45, 7) is 3.42. The Morgan fingerprint density at radius 2 is 1.89 bits per heavy atom. The molecule has 46 heavy (non-hydrogen) atoms. The number of hydrogen-bond donors (Lipinski definition) is 4. The maximum absolute atomic E-state index is 14.0. The molecule has 0 saturated carbocycles. The second-order valence-electron chi connectivity index (χ2n) is 12.1. The van der Waals surface area contributed by atoms with Crippen LogP contribution in [0.5, 0.6) is 0 Å². The van der Waals surface area contributed by atoms with Crippen LogP contribution < -0.4 is 15.5 Å². The molecule has 2 aliphatic heterocycles. The second kappa shape index (κ2) is 13.8. The molecule has 2 amide bonds. The summed E-state index contributed by atoms with van der Waals surface area (Å²) in [6, 6.07) is 24.5. The van der Waals surface area contributed by atoms with Crippen LogP contribution >= 0.6 is 0 Å². The minimum Gasteiger partial charge on any atom is -0.395 e. The predicted molar refractivity (Wildman–Crippen MR) is 176 cm³/mol. The van der Waals surface area contributed by atoms with Gasteiger partial charge in [0.05, 0.1) is 36.5 Å². The molecule has 10 heteroatoms. The van der Waals surface area contributed by atoms with Crippen LogP contribution in [-0.4, -0.2) is 56.2 Å². The first-order valence-electron chi connectivity index (χ1n) is 15.9. The van der Waals surface area contributed by atoms with E-state index in [1.54, 1.807) is 27.8 Å². The van der Waals surface area contributed by atoms with E-state index in [1.165, 1.54) is 0 Å². The maximum atomic E-state index is 14.0. The summed E-state index contributed by atoms with van der Waals surface area (Å²) in [6.07, 6.45) is 7.96. The van der Waals surface area contributed by atoms with Crippen molar-refractivity contribution in [2.24, 2.45) is 5.92 Å². The zero-order valence-electron chi connectivity index (χ0n) is 25.9. The van der Waals surface area contributed by atoms with E-state index < -0.39 is 17.4 Å². The number of fused-ring (bicyclic) bond motifs is 1. The molecule has 1 saturated heterocycles. The Labute approximate surface area is 268 Å². The number of allylic oxidation sites excluding steroid dienone is 1. The highest BCUT2D eigenvalue weighted by Crippen LogP contribution is 2.47. The third kappa shape index (κ3) is 6.37. The standard InChI is InChI=1S/C36H40N6O4/c1-25(11-8-9-20-41-23-32(39-40-41)29(24-43)27-14-6-3-7-15-27)36(46)30-21-28(38-34(44)31-16-10-19-37-31)17-18-33(30)42(35(36)45)22-26-12-4-2-5-13-26/h2-8,11-15,17-18,21,23,25,29,31,37,43,46H,9-10,16,19-20,22,24H2,1H3,(H,38,44)/b11-8+/t25-,29?,31-,36+/m1/s1. The van der Waals surface area contributed by atoms with Crippen LogP contribution in [0.4, 0.5) is 11.4 Å². The Bertz CT molecular complexity index is 1690. The molecule has 1 aromatic heterocycles. The van der Waals surface area contributed by atoms with Gasteiger partial charge in [-0.05, 0) is 55.1 Å². The molecule has 3 heterocycles. The largest absolute Gasteiger partial charge is 0.395 e. The van der Waals surface area contributed by atoms with Gasteiger partial charge in [0.2, 0.25) is 5.91 Å². The zero-order valence-corrected chi connectivity index (χ0v) is 25.9. The predicted octanol–water partition coefficient (Wildman–Crippen LogP) is 4.11. The number of aliphatic hydroxyl groups is 2. The van der Waals surface area contributed by atoms with E-state index in [0.29, 0.717) is 42.1 Å². The Morgan fingerprint density at radius 3 is 2.61 bits per heavy atom. The third-order valence-electron chi connectivity index (χ3n) is 9.00. The number of rotatable bonds is 12. The van der Waals surface area contributed by atoms with E-state index in [-0.39, 0.29) is 24.5 Å². The molecule has 3 aromatic carbocycles. The average molecular weight is 621 g/mol. The van der Waals surface area contributed by atoms with E-state index in [0.717, 1.165) is 30.5 Å². The SMILES string of the molecule is C[C@H](/C=C/CCn1cc(C(CO)c2ccccc2)nn1)[C@@]1(O)C(=O)N(Cc2ccccc2)c2ccc(NC(=O)[C@H]3CCCN3)cc21. The Morgan fingerprint density at radius 1 is 1.13 bits per heavy atom.